The number of aromatic nitrogens is 2. The second-order valence-electron chi connectivity index (χ2n) is 9.39. The van der Waals surface area contributed by atoms with Gasteiger partial charge in [-0.3, -0.25) is 0 Å². The van der Waals surface area contributed by atoms with Crippen LogP contribution < -0.4 is 19.7 Å². The van der Waals surface area contributed by atoms with Gasteiger partial charge in [0.2, 0.25) is 16.0 Å². The van der Waals surface area contributed by atoms with Crippen LogP contribution in [0.1, 0.15) is 30.7 Å². The number of hydrogen-bond donors (Lipinski definition) is 3. The number of piperidine rings is 1. The number of aryl methyl sites for hydroxylation is 2. The third-order valence-electron chi connectivity index (χ3n) is 6.61. The van der Waals surface area contributed by atoms with Gasteiger partial charge in [-0.2, -0.15) is 0 Å². The number of sulfonamides is 1. The van der Waals surface area contributed by atoms with E-state index in [1.165, 1.54) is 19.2 Å². The van der Waals surface area contributed by atoms with Crippen molar-refractivity contribution in [2.75, 3.05) is 44.8 Å². The van der Waals surface area contributed by atoms with Crippen LogP contribution in [0.2, 0.25) is 0 Å². The first-order chi connectivity index (χ1) is 16.7. The van der Waals surface area contributed by atoms with E-state index in [1.54, 1.807) is 12.1 Å². The Balaban J connectivity index is 1.21. The van der Waals surface area contributed by atoms with Crippen molar-refractivity contribution < 1.29 is 23.0 Å². The van der Waals surface area contributed by atoms with Gasteiger partial charge < -0.3 is 24.8 Å². The van der Waals surface area contributed by atoms with Crippen LogP contribution in [0.15, 0.2) is 35.2 Å². The zero-order valence-corrected chi connectivity index (χ0v) is 21.3. The molecule has 2 aromatic rings. The van der Waals surface area contributed by atoms with E-state index < -0.39 is 16.1 Å². The molecule has 0 amide bonds. The standard InChI is InChI=1S/C24H35N5O5S/c1-17-11-18(2)28-23(27-17)29-9-7-24(8-10-29)13-19(15-34-24)26-14-20(30)16-33-21-5-4-6-22(12-21)35(31,32)25-3/h4-6,11-12,19-20,25-26,30H,7-10,13-16H2,1-3H3/t19-,20+/m1/s1. The second-order valence-corrected chi connectivity index (χ2v) is 11.3. The van der Waals surface area contributed by atoms with Crippen LogP contribution in [0.3, 0.4) is 0 Å². The summed E-state index contributed by atoms with van der Waals surface area (Å²) in [6, 6.07) is 8.35. The van der Waals surface area contributed by atoms with Crippen molar-refractivity contribution in [3.05, 3.63) is 41.7 Å². The Labute approximate surface area is 207 Å². The minimum absolute atomic E-state index is 0.0552. The van der Waals surface area contributed by atoms with Crippen LogP contribution in [-0.4, -0.2) is 81.1 Å². The molecular formula is C24H35N5O5S. The highest BCUT2D eigenvalue weighted by Crippen LogP contribution is 2.36. The largest absolute Gasteiger partial charge is 0.491 e. The molecule has 2 aliphatic heterocycles. The van der Waals surface area contributed by atoms with Crippen LogP contribution in [0.5, 0.6) is 5.75 Å². The molecule has 2 aliphatic rings. The average Bonchev–Trinajstić information content (AvgIpc) is 3.23. The molecular weight excluding hydrogens is 470 g/mol. The Morgan fingerprint density at radius 3 is 2.63 bits per heavy atom. The van der Waals surface area contributed by atoms with E-state index in [1.807, 2.05) is 19.9 Å². The van der Waals surface area contributed by atoms with Gasteiger partial charge in [-0.25, -0.2) is 23.1 Å². The molecule has 1 aromatic carbocycles. The Morgan fingerprint density at radius 1 is 1.23 bits per heavy atom. The molecule has 192 valence electrons. The van der Waals surface area contributed by atoms with Gasteiger partial charge in [0.25, 0.3) is 0 Å². The lowest BCUT2D eigenvalue weighted by atomic mass is 9.87. The molecule has 2 atom stereocenters. The Bertz CT molecular complexity index is 1100. The normalized spacial score (nSPS) is 20.8. The summed E-state index contributed by atoms with van der Waals surface area (Å²) in [7, 11) is -2.19. The van der Waals surface area contributed by atoms with E-state index in [0.29, 0.717) is 18.9 Å². The number of hydrogen-bond acceptors (Lipinski definition) is 9. The maximum absolute atomic E-state index is 11.9. The van der Waals surface area contributed by atoms with E-state index in [4.69, 9.17) is 9.47 Å². The van der Waals surface area contributed by atoms with Gasteiger partial charge in [-0.1, -0.05) is 6.07 Å². The second kappa shape index (κ2) is 10.8. The fourth-order valence-corrected chi connectivity index (χ4v) is 5.45. The van der Waals surface area contributed by atoms with Crippen LogP contribution in [0.25, 0.3) is 0 Å². The van der Waals surface area contributed by atoms with Gasteiger partial charge in [0.1, 0.15) is 18.5 Å². The molecule has 4 rings (SSSR count). The fraction of sp³-hybridized carbons (Fsp3) is 0.583. The summed E-state index contributed by atoms with van der Waals surface area (Å²) in [6.07, 6.45) is 1.99. The van der Waals surface area contributed by atoms with Crippen LogP contribution in [-0.2, 0) is 14.8 Å². The van der Waals surface area contributed by atoms with E-state index >= 15 is 0 Å². The zero-order chi connectivity index (χ0) is 25.1. The van der Waals surface area contributed by atoms with Crippen molar-refractivity contribution in [3.63, 3.8) is 0 Å². The first kappa shape index (κ1) is 25.8. The summed E-state index contributed by atoms with van der Waals surface area (Å²) < 4.78 is 38.0. The molecule has 1 spiro atoms. The zero-order valence-electron chi connectivity index (χ0n) is 20.5. The molecule has 0 saturated carbocycles. The first-order valence-corrected chi connectivity index (χ1v) is 13.5. The minimum Gasteiger partial charge on any atom is -0.491 e. The van der Waals surface area contributed by atoms with Gasteiger partial charge >= 0.3 is 0 Å². The lowest BCUT2D eigenvalue weighted by molar-refractivity contribution is -0.0152. The number of benzene rings is 1. The van der Waals surface area contributed by atoms with E-state index in [9.17, 15) is 13.5 Å². The predicted octanol–water partition coefficient (Wildman–Crippen LogP) is 1.16. The van der Waals surface area contributed by atoms with Crippen molar-refractivity contribution in [2.45, 2.75) is 55.8 Å². The lowest BCUT2D eigenvalue weighted by Gasteiger charge is -2.38. The van der Waals surface area contributed by atoms with Crippen molar-refractivity contribution in [1.29, 1.82) is 0 Å². The van der Waals surface area contributed by atoms with Gasteiger partial charge in [0, 0.05) is 43.1 Å². The predicted molar refractivity (Wildman–Crippen MR) is 132 cm³/mol. The van der Waals surface area contributed by atoms with Crippen molar-refractivity contribution in [2.24, 2.45) is 0 Å². The highest BCUT2D eigenvalue weighted by Gasteiger charge is 2.43. The van der Waals surface area contributed by atoms with Crippen molar-refractivity contribution in [1.82, 2.24) is 20.0 Å². The number of aliphatic hydroxyl groups excluding tert-OH is 1. The van der Waals surface area contributed by atoms with Crippen molar-refractivity contribution >= 4 is 16.0 Å². The van der Waals surface area contributed by atoms with E-state index in [-0.39, 0.29) is 23.1 Å². The molecule has 11 heteroatoms. The maximum atomic E-state index is 11.9. The SMILES string of the molecule is CNS(=O)(=O)c1cccc(OC[C@@H](O)CN[C@H]2COC3(CCN(c4nc(C)cc(C)n4)CC3)C2)c1. The van der Waals surface area contributed by atoms with Crippen LogP contribution in [0.4, 0.5) is 5.95 Å². The first-order valence-electron chi connectivity index (χ1n) is 12.0. The van der Waals surface area contributed by atoms with Gasteiger partial charge in [0.15, 0.2) is 0 Å². The molecule has 35 heavy (non-hydrogen) atoms. The minimum atomic E-state index is -3.55. The summed E-state index contributed by atoms with van der Waals surface area (Å²) in [5, 5.41) is 13.8. The van der Waals surface area contributed by atoms with Crippen LogP contribution in [0, 0.1) is 13.8 Å². The summed E-state index contributed by atoms with van der Waals surface area (Å²) in [5.74, 6) is 1.19. The van der Waals surface area contributed by atoms with E-state index in [0.717, 1.165) is 49.7 Å². The summed E-state index contributed by atoms with van der Waals surface area (Å²) in [6.45, 7) is 6.72. The number of anilines is 1. The number of aliphatic hydroxyl groups is 1. The number of nitrogens with zero attached hydrogens (tertiary/aromatic N) is 3. The topological polar surface area (TPSA) is 126 Å². The Hall–Kier alpha value is -2.31. The molecule has 0 aliphatic carbocycles. The number of nitrogens with one attached hydrogen (secondary N) is 2. The lowest BCUT2D eigenvalue weighted by Crippen LogP contribution is -2.46. The molecule has 0 radical (unpaired) electrons. The summed E-state index contributed by atoms with van der Waals surface area (Å²) in [4.78, 5) is 11.5. The Morgan fingerprint density at radius 2 is 1.94 bits per heavy atom. The van der Waals surface area contributed by atoms with Crippen molar-refractivity contribution in [3.8, 4) is 5.75 Å². The quantitative estimate of drug-likeness (QED) is 0.460. The van der Waals surface area contributed by atoms with E-state index in [2.05, 4.69) is 24.9 Å². The third kappa shape index (κ3) is 6.47. The highest BCUT2D eigenvalue weighted by molar-refractivity contribution is 7.89. The number of rotatable bonds is 9. The monoisotopic (exact) mass is 505 g/mol. The molecule has 0 bridgehead atoms. The van der Waals surface area contributed by atoms with Gasteiger partial charge in [0.05, 0.1) is 17.1 Å². The smallest absolute Gasteiger partial charge is 0.240 e. The molecule has 2 saturated heterocycles. The van der Waals surface area contributed by atoms with Gasteiger partial charge in [-0.15, -0.1) is 0 Å². The molecule has 0 unspecified atom stereocenters. The maximum Gasteiger partial charge on any atom is 0.240 e. The van der Waals surface area contributed by atoms with Gasteiger partial charge in [-0.05, 0) is 58.4 Å². The molecule has 3 heterocycles. The molecule has 10 nitrogen and oxygen atoms in total. The Kier molecular flexibility index (Phi) is 7.92. The fourth-order valence-electron chi connectivity index (χ4n) is 4.69. The molecule has 2 fully saturated rings. The summed E-state index contributed by atoms with van der Waals surface area (Å²) in [5.41, 5.74) is 1.81. The van der Waals surface area contributed by atoms with Crippen LogP contribution >= 0.6 is 0 Å². The highest BCUT2D eigenvalue weighted by atomic mass is 32.2. The average molecular weight is 506 g/mol. The number of ether oxygens (including phenoxy) is 2. The molecule has 1 aromatic heterocycles. The summed E-state index contributed by atoms with van der Waals surface area (Å²) >= 11 is 0. The third-order valence-corrected chi connectivity index (χ3v) is 8.02. The molecule has 3 N–H and O–H groups in total.